The van der Waals surface area contributed by atoms with Crippen LogP contribution in [0.4, 0.5) is 0 Å². The maximum atomic E-state index is 12.9. The molecule has 0 saturated carbocycles. The van der Waals surface area contributed by atoms with Crippen LogP contribution >= 0.6 is 11.3 Å². The number of rotatable bonds is 3. The Morgan fingerprint density at radius 1 is 1.28 bits per heavy atom. The smallest absolute Gasteiger partial charge is 0.271 e. The first-order valence-corrected chi connectivity index (χ1v) is 9.98. The molecule has 0 radical (unpaired) electrons. The van der Waals surface area contributed by atoms with Crippen LogP contribution in [0.25, 0.3) is 4.96 Å². The average molecular weight is 361 g/mol. The van der Waals surface area contributed by atoms with E-state index in [0.717, 1.165) is 50.8 Å². The van der Waals surface area contributed by atoms with Gasteiger partial charge in [-0.3, -0.25) is 14.0 Å². The van der Waals surface area contributed by atoms with E-state index in [9.17, 15) is 9.59 Å². The van der Waals surface area contributed by atoms with Gasteiger partial charge in [0.25, 0.3) is 11.5 Å². The Kier molecular flexibility index (Phi) is 4.85. The summed E-state index contributed by atoms with van der Waals surface area (Å²) in [5.41, 5.74) is 0.942. The molecule has 0 bridgehead atoms. The maximum Gasteiger partial charge on any atom is 0.271 e. The van der Waals surface area contributed by atoms with Crippen molar-refractivity contribution in [2.75, 3.05) is 13.2 Å². The van der Waals surface area contributed by atoms with E-state index in [2.05, 4.69) is 10.3 Å². The van der Waals surface area contributed by atoms with Crippen molar-refractivity contribution in [3.8, 4) is 0 Å². The molecule has 0 unspecified atom stereocenters. The molecule has 1 atom stereocenters. The van der Waals surface area contributed by atoms with E-state index in [0.29, 0.717) is 11.5 Å². The monoisotopic (exact) mass is 361 g/mol. The first-order valence-electron chi connectivity index (χ1n) is 9.16. The van der Waals surface area contributed by atoms with E-state index < -0.39 is 0 Å². The molecule has 1 amide bonds. The zero-order chi connectivity index (χ0) is 17.2. The van der Waals surface area contributed by atoms with Crippen LogP contribution in [0, 0.1) is 0 Å². The largest absolute Gasteiger partial charge is 0.376 e. The molecular weight excluding hydrogens is 338 g/mol. The number of hydrogen-bond donors (Lipinski definition) is 1. The van der Waals surface area contributed by atoms with Crippen LogP contribution in [-0.4, -0.2) is 34.5 Å². The minimum atomic E-state index is -0.354. The molecule has 4 rings (SSSR count). The van der Waals surface area contributed by atoms with Crippen LogP contribution < -0.4 is 10.9 Å². The molecule has 134 valence electrons. The van der Waals surface area contributed by atoms with E-state index in [1.165, 1.54) is 23.9 Å². The van der Waals surface area contributed by atoms with Gasteiger partial charge in [-0.05, 0) is 38.5 Å². The fraction of sp³-hybridized carbons (Fsp3) is 0.611. The molecule has 7 heteroatoms. The summed E-state index contributed by atoms with van der Waals surface area (Å²) in [7, 11) is 0. The van der Waals surface area contributed by atoms with Crippen molar-refractivity contribution < 1.29 is 9.53 Å². The van der Waals surface area contributed by atoms with E-state index in [-0.39, 0.29) is 23.1 Å². The number of thiazole rings is 1. The third-order valence-electron chi connectivity index (χ3n) is 5.06. The standard InChI is InChI=1S/C18H23N3O3S/c22-16(19-10-12-6-5-9-24-12)13-11-20-18-21(17(13)23)14-7-3-1-2-4-8-15(14)25-18/h11-12H,1-10H2,(H,19,22)/t12-/m1/s1. The number of nitrogens with one attached hydrogen (secondary N) is 1. The minimum absolute atomic E-state index is 0.0598. The van der Waals surface area contributed by atoms with Crippen molar-refractivity contribution in [2.45, 2.75) is 57.5 Å². The molecule has 0 aromatic carbocycles. The Morgan fingerprint density at radius 2 is 2.12 bits per heavy atom. The lowest BCUT2D eigenvalue weighted by atomic mass is 10.0. The Labute approximate surface area is 150 Å². The lowest BCUT2D eigenvalue weighted by Crippen LogP contribution is -2.36. The number of aromatic nitrogens is 2. The number of aryl methyl sites for hydroxylation is 2. The van der Waals surface area contributed by atoms with Crippen molar-refractivity contribution in [3.63, 3.8) is 0 Å². The first-order chi connectivity index (χ1) is 12.2. The maximum absolute atomic E-state index is 12.9. The highest BCUT2D eigenvalue weighted by Crippen LogP contribution is 2.27. The average Bonchev–Trinajstić information content (AvgIpc) is 3.21. The molecule has 6 nitrogen and oxygen atoms in total. The van der Waals surface area contributed by atoms with Crippen molar-refractivity contribution in [1.29, 1.82) is 0 Å². The summed E-state index contributed by atoms with van der Waals surface area (Å²) in [5.74, 6) is -0.354. The normalized spacial score (nSPS) is 20.9. The number of fused-ring (bicyclic) bond motifs is 3. The molecule has 2 aliphatic rings. The van der Waals surface area contributed by atoms with Gasteiger partial charge in [0.05, 0.1) is 6.10 Å². The van der Waals surface area contributed by atoms with Gasteiger partial charge in [0.2, 0.25) is 0 Å². The van der Waals surface area contributed by atoms with Crippen LogP contribution in [0.5, 0.6) is 0 Å². The summed E-state index contributed by atoms with van der Waals surface area (Å²) in [6, 6.07) is 0. The van der Waals surface area contributed by atoms with Crippen molar-refractivity contribution in [2.24, 2.45) is 0 Å². The number of ether oxygens (including phenoxy) is 1. The van der Waals surface area contributed by atoms with Crippen molar-refractivity contribution in [3.05, 3.63) is 32.7 Å². The topological polar surface area (TPSA) is 72.7 Å². The second-order valence-electron chi connectivity index (χ2n) is 6.83. The first kappa shape index (κ1) is 16.7. The zero-order valence-electron chi connectivity index (χ0n) is 14.3. The number of carbonyl (C=O) groups excluding carboxylic acids is 1. The molecule has 1 aliphatic carbocycles. The molecular formula is C18H23N3O3S. The summed E-state index contributed by atoms with van der Waals surface area (Å²) in [6.07, 6.45) is 10.0. The Balaban J connectivity index is 1.63. The van der Waals surface area contributed by atoms with Crippen LogP contribution in [-0.2, 0) is 17.6 Å². The van der Waals surface area contributed by atoms with Crippen LogP contribution in [0.2, 0.25) is 0 Å². The molecule has 25 heavy (non-hydrogen) atoms. The van der Waals surface area contributed by atoms with E-state index in [1.807, 2.05) is 0 Å². The predicted molar refractivity (Wildman–Crippen MR) is 96.5 cm³/mol. The summed E-state index contributed by atoms with van der Waals surface area (Å²) < 4.78 is 7.19. The summed E-state index contributed by atoms with van der Waals surface area (Å²) in [6.45, 7) is 1.19. The SMILES string of the molecule is O=C(NC[C@H]1CCCO1)c1cnc2sc3c(n2c1=O)CCCCCC3. The van der Waals surface area contributed by atoms with E-state index in [4.69, 9.17) is 4.74 Å². The zero-order valence-corrected chi connectivity index (χ0v) is 15.1. The van der Waals surface area contributed by atoms with Gasteiger partial charge in [0.15, 0.2) is 4.96 Å². The number of amides is 1. The second kappa shape index (κ2) is 7.25. The predicted octanol–water partition coefficient (Wildman–Crippen LogP) is 2.32. The molecule has 2 aromatic heterocycles. The van der Waals surface area contributed by atoms with Gasteiger partial charge in [0.1, 0.15) is 5.56 Å². The molecule has 1 fully saturated rings. The third-order valence-corrected chi connectivity index (χ3v) is 6.22. The van der Waals surface area contributed by atoms with Crippen LogP contribution in [0.3, 0.4) is 0 Å². The third kappa shape index (κ3) is 3.35. The van der Waals surface area contributed by atoms with Gasteiger partial charge in [-0.15, -0.1) is 11.3 Å². The fourth-order valence-corrected chi connectivity index (χ4v) is 4.85. The van der Waals surface area contributed by atoms with Gasteiger partial charge in [0, 0.05) is 29.9 Å². The summed E-state index contributed by atoms with van der Waals surface area (Å²) in [4.78, 5) is 31.7. The van der Waals surface area contributed by atoms with Gasteiger partial charge < -0.3 is 10.1 Å². The fourth-order valence-electron chi connectivity index (χ4n) is 3.68. The quantitative estimate of drug-likeness (QED) is 0.911. The van der Waals surface area contributed by atoms with Gasteiger partial charge in [-0.1, -0.05) is 12.8 Å². The highest BCUT2D eigenvalue weighted by Gasteiger charge is 2.22. The van der Waals surface area contributed by atoms with Gasteiger partial charge in [-0.2, -0.15) is 0 Å². The minimum Gasteiger partial charge on any atom is -0.376 e. The van der Waals surface area contributed by atoms with Crippen LogP contribution in [0.15, 0.2) is 11.0 Å². The lowest BCUT2D eigenvalue weighted by Gasteiger charge is -2.11. The number of hydrogen-bond acceptors (Lipinski definition) is 5. The molecule has 1 saturated heterocycles. The molecule has 2 aromatic rings. The number of nitrogens with zero attached hydrogens (tertiary/aromatic N) is 2. The highest BCUT2D eigenvalue weighted by atomic mass is 32.1. The molecule has 3 heterocycles. The Bertz CT molecular complexity index is 836. The summed E-state index contributed by atoms with van der Waals surface area (Å²) >= 11 is 1.59. The molecule has 1 aliphatic heterocycles. The molecule has 0 spiro atoms. The van der Waals surface area contributed by atoms with Gasteiger partial charge >= 0.3 is 0 Å². The number of carbonyl (C=O) groups is 1. The highest BCUT2D eigenvalue weighted by molar-refractivity contribution is 7.17. The van der Waals surface area contributed by atoms with Crippen LogP contribution in [0.1, 0.15) is 59.5 Å². The van der Waals surface area contributed by atoms with E-state index in [1.54, 1.807) is 15.7 Å². The Morgan fingerprint density at radius 3 is 2.92 bits per heavy atom. The van der Waals surface area contributed by atoms with Crippen molar-refractivity contribution >= 4 is 22.2 Å². The second-order valence-corrected chi connectivity index (χ2v) is 7.89. The Hall–Kier alpha value is -1.73. The molecule has 1 N–H and O–H groups in total. The van der Waals surface area contributed by atoms with Crippen molar-refractivity contribution in [1.82, 2.24) is 14.7 Å². The lowest BCUT2D eigenvalue weighted by molar-refractivity contribution is 0.0856. The van der Waals surface area contributed by atoms with E-state index >= 15 is 0 Å². The van der Waals surface area contributed by atoms with Gasteiger partial charge in [-0.25, -0.2) is 4.98 Å². The summed E-state index contributed by atoms with van der Waals surface area (Å²) in [5, 5.41) is 2.83.